The minimum atomic E-state index is -3.67. The van der Waals surface area contributed by atoms with Crippen LogP contribution < -0.4 is 5.73 Å². The number of piperidine rings is 1. The number of anilines is 1. The van der Waals surface area contributed by atoms with Crippen molar-refractivity contribution in [2.24, 2.45) is 5.92 Å². The molecule has 1 heterocycles. The molecule has 1 aliphatic rings. The summed E-state index contributed by atoms with van der Waals surface area (Å²) in [6, 6.07) is 3.45. The minimum absolute atomic E-state index is 0.0577. The van der Waals surface area contributed by atoms with Crippen molar-refractivity contribution in [1.29, 1.82) is 0 Å². The first-order chi connectivity index (χ1) is 9.32. The number of hydrogen-bond donors (Lipinski definition) is 1. The number of rotatable bonds is 3. The van der Waals surface area contributed by atoms with E-state index in [1.165, 1.54) is 10.4 Å². The first kappa shape index (κ1) is 14.7. The second-order valence-corrected chi connectivity index (χ2v) is 6.97. The third-order valence-corrected chi connectivity index (χ3v) is 5.54. The molecule has 1 aliphatic heterocycles. The van der Waals surface area contributed by atoms with Crippen LogP contribution in [-0.4, -0.2) is 30.7 Å². The lowest BCUT2D eigenvalue weighted by atomic mass is 10.0. The fourth-order valence-electron chi connectivity index (χ4n) is 2.25. The van der Waals surface area contributed by atoms with E-state index < -0.39 is 14.9 Å². The van der Waals surface area contributed by atoms with Crippen molar-refractivity contribution in [3.63, 3.8) is 0 Å². The number of nitro benzene ring substituents is 1. The van der Waals surface area contributed by atoms with Crippen LogP contribution in [0.25, 0.3) is 0 Å². The van der Waals surface area contributed by atoms with E-state index in [0.717, 1.165) is 25.0 Å². The quantitative estimate of drug-likeness (QED) is 0.518. The van der Waals surface area contributed by atoms with Gasteiger partial charge in [0.25, 0.3) is 5.69 Å². The SMILES string of the molecule is CC1CCN(S(=O)(=O)c2ccc([N+](=O)[O-])cc2N)CC1. The number of sulfonamides is 1. The third-order valence-electron chi connectivity index (χ3n) is 3.56. The summed E-state index contributed by atoms with van der Waals surface area (Å²) in [5.74, 6) is 0.510. The van der Waals surface area contributed by atoms with Gasteiger partial charge in [-0.1, -0.05) is 6.92 Å². The van der Waals surface area contributed by atoms with Crippen LogP contribution in [0.4, 0.5) is 11.4 Å². The van der Waals surface area contributed by atoms with Crippen molar-refractivity contribution in [1.82, 2.24) is 4.31 Å². The minimum Gasteiger partial charge on any atom is -0.397 e. The average Bonchev–Trinajstić information content (AvgIpc) is 2.38. The second kappa shape index (κ2) is 5.37. The molecule has 2 N–H and O–H groups in total. The zero-order valence-electron chi connectivity index (χ0n) is 11.2. The van der Waals surface area contributed by atoms with Gasteiger partial charge < -0.3 is 5.73 Å². The van der Waals surface area contributed by atoms with E-state index in [1.54, 1.807) is 0 Å². The number of nitrogens with two attached hydrogens (primary N) is 1. The summed E-state index contributed by atoms with van der Waals surface area (Å²) < 4.78 is 26.3. The monoisotopic (exact) mass is 299 g/mol. The highest BCUT2D eigenvalue weighted by Crippen LogP contribution is 2.29. The number of nitro groups is 1. The van der Waals surface area contributed by atoms with Crippen molar-refractivity contribution >= 4 is 21.4 Å². The summed E-state index contributed by atoms with van der Waals surface area (Å²) in [6.07, 6.45) is 1.62. The molecule has 110 valence electrons. The molecule has 0 radical (unpaired) electrons. The lowest BCUT2D eigenvalue weighted by Crippen LogP contribution is -2.38. The molecular weight excluding hydrogens is 282 g/mol. The van der Waals surface area contributed by atoms with Crippen molar-refractivity contribution in [3.05, 3.63) is 28.3 Å². The van der Waals surface area contributed by atoms with Crippen LogP contribution in [0, 0.1) is 16.0 Å². The van der Waals surface area contributed by atoms with E-state index in [4.69, 9.17) is 5.73 Å². The smallest absolute Gasteiger partial charge is 0.271 e. The van der Waals surface area contributed by atoms with Crippen molar-refractivity contribution in [2.45, 2.75) is 24.7 Å². The van der Waals surface area contributed by atoms with E-state index in [0.29, 0.717) is 19.0 Å². The van der Waals surface area contributed by atoms with E-state index in [9.17, 15) is 18.5 Å². The number of nitrogens with zero attached hydrogens (tertiary/aromatic N) is 2. The molecule has 7 nitrogen and oxygen atoms in total. The lowest BCUT2D eigenvalue weighted by Gasteiger charge is -2.29. The molecule has 20 heavy (non-hydrogen) atoms. The van der Waals surface area contributed by atoms with Gasteiger partial charge in [0, 0.05) is 25.2 Å². The van der Waals surface area contributed by atoms with Crippen LogP contribution in [0.3, 0.4) is 0 Å². The predicted octanol–water partition coefficient (Wildman–Crippen LogP) is 1.60. The summed E-state index contributed by atoms with van der Waals surface area (Å²) in [4.78, 5) is 9.98. The Bertz CT molecular complexity index is 622. The number of non-ortho nitro benzene ring substituents is 1. The first-order valence-electron chi connectivity index (χ1n) is 6.36. The Morgan fingerprint density at radius 1 is 1.35 bits per heavy atom. The molecule has 0 unspecified atom stereocenters. The molecular formula is C12H17N3O4S. The summed E-state index contributed by atoms with van der Waals surface area (Å²) in [5.41, 5.74) is 5.37. The molecule has 0 atom stereocenters. The van der Waals surface area contributed by atoms with Gasteiger partial charge in [-0.05, 0) is 24.8 Å². The van der Waals surface area contributed by atoms with Gasteiger partial charge in [-0.25, -0.2) is 8.42 Å². The summed E-state index contributed by atoms with van der Waals surface area (Å²) in [5, 5.41) is 10.6. The topological polar surface area (TPSA) is 107 Å². The van der Waals surface area contributed by atoms with Crippen LogP contribution in [0.2, 0.25) is 0 Å². The second-order valence-electron chi connectivity index (χ2n) is 5.07. The van der Waals surface area contributed by atoms with Gasteiger partial charge in [0.15, 0.2) is 0 Å². The Hall–Kier alpha value is -1.67. The molecule has 1 saturated heterocycles. The van der Waals surface area contributed by atoms with Gasteiger partial charge in [0.1, 0.15) is 4.90 Å². The lowest BCUT2D eigenvalue weighted by molar-refractivity contribution is -0.384. The fourth-order valence-corrected chi connectivity index (χ4v) is 3.82. The van der Waals surface area contributed by atoms with E-state index >= 15 is 0 Å². The normalized spacial score (nSPS) is 18.1. The third kappa shape index (κ3) is 2.75. The zero-order chi connectivity index (χ0) is 14.9. The Morgan fingerprint density at radius 2 is 1.95 bits per heavy atom. The molecule has 0 spiro atoms. The van der Waals surface area contributed by atoms with E-state index in [-0.39, 0.29) is 16.3 Å². The molecule has 1 aromatic carbocycles. The van der Waals surface area contributed by atoms with Gasteiger partial charge >= 0.3 is 0 Å². The molecule has 1 aromatic rings. The maximum absolute atomic E-state index is 12.5. The summed E-state index contributed by atoms with van der Waals surface area (Å²) in [7, 11) is -3.67. The molecule has 0 amide bonds. The predicted molar refractivity (Wildman–Crippen MR) is 74.7 cm³/mol. The van der Waals surface area contributed by atoms with Crippen LogP contribution in [0.5, 0.6) is 0 Å². The van der Waals surface area contributed by atoms with E-state index in [2.05, 4.69) is 6.92 Å². The number of nitrogen functional groups attached to an aromatic ring is 1. The summed E-state index contributed by atoms with van der Waals surface area (Å²) >= 11 is 0. The molecule has 0 saturated carbocycles. The Labute approximate surface area is 117 Å². The van der Waals surface area contributed by atoms with Crippen LogP contribution in [0.1, 0.15) is 19.8 Å². The average molecular weight is 299 g/mol. The molecule has 0 aliphatic carbocycles. The van der Waals surface area contributed by atoms with Gasteiger partial charge in [-0.2, -0.15) is 4.31 Å². The van der Waals surface area contributed by atoms with Crippen molar-refractivity contribution in [3.8, 4) is 0 Å². The molecule has 2 rings (SSSR count). The molecule has 0 aromatic heterocycles. The van der Waals surface area contributed by atoms with Crippen LogP contribution in [-0.2, 0) is 10.0 Å². The Balaban J connectivity index is 2.32. The largest absolute Gasteiger partial charge is 0.397 e. The first-order valence-corrected chi connectivity index (χ1v) is 7.80. The highest BCUT2D eigenvalue weighted by atomic mass is 32.2. The number of benzene rings is 1. The van der Waals surface area contributed by atoms with Crippen LogP contribution >= 0.6 is 0 Å². The van der Waals surface area contributed by atoms with Crippen molar-refractivity contribution in [2.75, 3.05) is 18.8 Å². The number of hydrogen-bond acceptors (Lipinski definition) is 5. The molecule has 0 bridgehead atoms. The Kier molecular flexibility index (Phi) is 3.96. The van der Waals surface area contributed by atoms with Gasteiger partial charge in [-0.15, -0.1) is 0 Å². The highest BCUT2D eigenvalue weighted by Gasteiger charge is 2.30. The standard InChI is InChI=1S/C12H17N3O4S/c1-9-4-6-14(7-5-9)20(18,19)12-3-2-10(15(16)17)8-11(12)13/h2-3,8-9H,4-7,13H2,1H3. The zero-order valence-corrected chi connectivity index (χ0v) is 12.0. The van der Waals surface area contributed by atoms with Crippen LogP contribution in [0.15, 0.2) is 23.1 Å². The maximum atomic E-state index is 12.5. The highest BCUT2D eigenvalue weighted by molar-refractivity contribution is 7.89. The fraction of sp³-hybridized carbons (Fsp3) is 0.500. The van der Waals surface area contributed by atoms with Gasteiger partial charge in [-0.3, -0.25) is 10.1 Å². The Morgan fingerprint density at radius 3 is 2.45 bits per heavy atom. The maximum Gasteiger partial charge on any atom is 0.271 e. The van der Waals surface area contributed by atoms with E-state index in [1.807, 2.05) is 0 Å². The van der Waals surface area contributed by atoms with Crippen molar-refractivity contribution < 1.29 is 13.3 Å². The van der Waals surface area contributed by atoms with Gasteiger partial charge in [0.05, 0.1) is 10.6 Å². The molecule has 1 fully saturated rings. The molecule has 8 heteroatoms. The van der Waals surface area contributed by atoms with Gasteiger partial charge in [0.2, 0.25) is 10.0 Å². The summed E-state index contributed by atoms with van der Waals surface area (Å²) in [6.45, 7) is 3.00.